The maximum absolute atomic E-state index is 12.5. The summed E-state index contributed by atoms with van der Waals surface area (Å²) >= 11 is 0. The highest BCUT2D eigenvalue weighted by Gasteiger charge is 2.55. The second kappa shape index (κ2) is 5.86. The maximum atomic E-state index is 12.5. The number of aromatic nitrogens is 2. The Hall–Kier alpha value is -1.92. The Morgan fingerprint density at radius 2 is 2.29 bits per heavy atom. The van der Waals surface area contributed by atoms with Crippen LogP contribution in [0.3, 0.4) is 0 Å². The predicted octanol–water partition coefficient (Wildman–Crippen LogP) is 1.25. The highest BCUT2D eigenvalue weighted by molar-refractivity contribution is 5.82. The third kappa shape index (κ3) is 2.59. The third-order valence-electron chi connectivity index (χ3n) is 5.30. The number of ether oxygens (including phenoxy) is 1. The van der Waals surface area contributed by atoms with Gasteiger partial charge in [0.1, 0.15) is 5.82 Å². The largest absolute Gasteiger partial charge is 0.376 e. The van der Waals surface area contributed by atoms with Gasteiger partial charge < -0.3 is 19.9 Å². The van der Waals surface area contributed by atoms with E-state index in [0.717, 1.165) is 35.4 Å². The maximum Gasteiger partial charge on any atom is 0.224 e. The van der Waals surface area contributed by atoms with E-state index in [4.69, 9.17) is 4.74 Å². The number of fused-ring (bicyclic) bond motifs is 2. The van der Waals surface area contributed by atoms with Crippen molar-refractivity contribution in [2.75, 3.05) is 20.7 Å². The molecule has 1 amide bonds. The minimum atomic E-state index is 0.0767. The summed E-state index contributed by atoms with van der Waals surface area (Å²) in [6.45, 7) is 2.74. The standard InChI is InChI=1S/C18H24N4O2/c1-10-19-13-5-4-11(8-14(13)20-10)9-15(23)21-16-12-6-7-24-18(12)17(16)22(2)3/h4-5,8,12,16-18H,6-7,9H2,1-3H3,(H,19,20)(H,21,23)/t12-,16+,17-,18-/m1/s1. The van der Waals surface area contributed by atoms with E-state index in [-0.39, 0.29) is 24.1 Å². The van der Waals surface area contributed by atoms with E-state index in [2.05, 4.69) is 34.3 Å². The molecule has 1 saturated heterocycles. The number of nitrogens with zero attached hydrogens (tertiary/aromatic N) is 2. The summed E-state index contributed by atoms with van der Waals surface area (Å²) in [6.07, 6.45) is 1.71. The Morgan fingerprint density at radius 1 is 1.46 bits per heavy atom. The molecule has 6 heteroatoms. The number of imidazole rings is 1. The molecule has 0 spiro atoms. The molecule has 2 heterocycles. The molecule has 2 aliphatic rings. The quantitative estimate of drug-likeness (QED) is 0.886. The normalized spacial score (nSPS) is 28.8. The fraction of sp³-hybridized carbons (Fsp3) is 0.556. The Morgan fingerprint density at radius 3 is 3.08 bits per heavy atom. The predicted molar refractivity (Wildman–Crippen MR) is 91.8 cm³/mol. The Labute approximate surface area is 141 Å². The molecule has 4 atom stereocenters. The second-order valence-corrected chi connectivity index (χ2v) is 7.19. The minimum Gasteiger partial charge on any atom is -0.376 e. The van der Waals surface area contributed by atoms with Gasteiger partial charge in [-0.1, -0.05) is 6.07 Å². The Kier molecular flexibility index (Phi) is 3.81. The number of nitrogens with one attached hydrogen (secondary N) is 2. The molecule has 0 unspecified atom stereocenters. The second-order valence-electron chi connectivity index (χ2n) is 7.19. The molecule has 0 bridgehead atoms. The number of rotatable bonds is 4. The Balaban J connectivity index is 1.43. The first-order valence-electron chi connectivity index (χ1n) is 8.55. The van der Waals surface area contributed by atoms with Gasteiger partial charge in [0, 0.05) is 12.5 Å². The zero-order valence-corrected chi connectivity index (χ0v) is 14.4. The van der Waals surface area contributed by atoms with Crippen molar-refractivity contribution in [3.63, 3.8) is 0 Å². The lowest BCUT2D eigenvalue weighted by Crippen LogP contribution is -2.69. The van der Waals surface area contributed by atoms with E-state index in [1.165, 1.54) is 0 Å². The summed E-state index contributed by atoms with van der Waals surface area (Å²) in [5, 5.41) is 3.23. The molecule has 1 saturated carbocycles. The van der Waals surface area contributed by atoms with Crippen LogP contribution in [-0.4, -0.2) is 59.7 Å². The molecule has 1 aromatic heterocycles. The Bertz CT molecular complexity index is 769. The third-order valence-corrected chi connectivity index (χ3v) is 5.30. The zero-order chi connectivity index (χ0) is 16.8. The van der Waals surface area contributed by atoms with Crippen LogP contribution >= 0.6 is 0 Å². The lowest BCUT2D eigenvalue weighted by atomic mass is 9.71. The number of H-pyrrole nitrogens is 1. The van der Waals surface area contributed by atoms with Crippen molar-refractivity contribution in [3.8, 4) is 0 Å². The number of hydrogen-bond acceptors (Lipinski definition) is 4. The summed E-state index contributed by atoms with van der Waals surface area (Å²) in [6, 6.07) is 6.43. The van der Waals surface area contributed by atoms with Gasteiger partial charge in [0.05, 0.1) is 35.6 Å². The number of hydrogen-bond donors (Lipinski definition) is 2. The van der Waals surface area contributed by atoms with Crippen molar-refractivity contribution in [3.05, 3.63) is 29.6 Å². The molecule has 128 valence electrons. The fourth-order valence-electron chi connectivity index (χ4n) is 4.20. The molecule has 24 heavy (non-hydrogen) atoms. The van der Waals surface area contributed by atoms with Crippen molar-refractivity contribution in [2.45, 2.75) is 38.0 Å². The number of carbonyl (C=O) groups is 1. The number of carbonyl (C=O) groups excluding carboxylic acids is 1. The van der Waals surface area contributed by atoms with Crippen molar-refractivity contribution in [1.29, 1.82) is 0 Å². The molecule has 1 aliphatic carbocycles. The van der Waals surface area contributed by atoms with Gasteiger partial charge in [-0.3, -0.25) is 4.79 Å². The summed E-state index contributed by atoms with van der Waals surface area (Å²) in [5.74, 6) is 1.43. The molecule has 2 N–H and O–H groups in total. The van der Waals surface area contributed by atoms with Crippen LogP contribution in [0.25, 0.3) is 11.0 Å². The van der Waals surface area contributed by atoms with Gasteiger partial charge in [-0.2, -0.15) is 0 Å². The molecule has 1 aromatic carbocycles. The van der Waals surface area contributed by atoms with Gasteiger partial charge in [-0.15, -0.1) is 0 Å². The smallest absolute Gasteiger partial charge is 0.224 e. The van der Waals surface area contributed by atoms with E-state index in [9.17, 15) is 4.79 Å². The molecule has 0 radical (unpaired) electrons. The zero-order valence-electron chi connectivity index (χ0n) is 14.4. The molecule has 2 aromatic rings. The van der Waals surface area contributed by atoms with Crippen LogP contribution < -0.4 is 5.32 Å². The van der Waals surface area contributed by atoms with Gasteiger partial charge in [-0.05, 0) is 45.1 Å². The van der Waals surface area contributed by atoms with Crippen LogP contribution in [0, 0.1) is 12.8 Å². The van der Waals surface area contributed by atoms with E-state index in [1.54, 1.807) is 0 Å². The summed E-state index contributed by atoms with van der Waals surface area (Å²) < 4.78 is 5.80. The lowest BCUT2D eigenvalue weighted by molar-refractivity contribution is -0.127. The molecular formula is C18H24N4O2. The van der Waals surface area contributed by atoms with E-state index >= 15 is 0 Å². The molecule has 2 fully saturated rings. The highest BCUT2D eigenvalue weighted by atomic mass is 16.5. The first-order chi connectivity index (χ1) is 11.5. The van der Waals surface area contributed by atoms with E-state index in [0.29, 0.717) is 12.3 Å². The fourth-order valence-corrected chi connectivity index (χ4v) is 4.20. The molecule has 1 aliphatic heterocycles. The lowest BCUT2D eigenvalue weighted by Gasteiger charge is -2.50. The number of likely N-dealkylation sites (N-methyl/N-ethyl adjacent to an activating group) is 1. The van der Waals surface area contributed by atoms with Crippen LogP contribution in [-0.2, 0) is 16.0 Å². The summed E-state index contributed by atoms with van der Waals surface area (Å²) in [5.41, 5.74) is 2.93. The van der Waals surface area contributed by atoms with Crippen molar-refractivity contribution < 1.29 is 9.53 Å². The van der Waals surface area contributed by atoms with Crippen LogP contribution in [0.5, 0.6) is 0 Å². The van der Waals surface area contributed by atoms with Crippen molar-refractivity contribution in [2.24, 2.45) is 5.92 Å². The van der Waals surface area contributed by atoms with Crippen LogP contribution in [0.4, 0.5) is 0 Å². The summed E-state index contributed by atoms with van der Waals surface area (Å²) in [7, 11) is 4.10. The first-order valence-corrected chi connectivity index (χ1v) is 8.55. The monoisotopic (exact) mass is 328 g/mol. The summed E-state index contributed by atoms with van der Waals surface area (Å²) in [4.78, 5) is 22.3. The topological polar surface area (TPSA) is 70.2 Å². The average Bonchev–Trinajstić information content (AvgIpc) is 3.07. The highest BCUT2D eigenvalue weighted by Crippen LogP contribution is 2.41. The molecule has 4 rings (SSSR count). The van der Waals surface area contributed by atoms with Gasteiger partial charge in [-0.25, -0.2) is 4.98 Å². The number of benzene rings is 1. The molecule has 6 nitrogen and oxygen atoms in total. The van der Waals surface area contributed by atoms with Gasteiger partial charge in [0.15, 0.2) is 0 Å². The molecular weight excluding hydrogens is 304 g/mol. The van der Waals surface area contributed by atoms with E-state index < -0.39 is 0 Å². The van der Waals surface area contributed by atoms with Gasteiger partial charge >= 0.3 is 0 Å². The van der Waals surface area contributed by atoms with Crippen LogP contribution in [0.2, 0.25) is 0 Å². The van der Waals surface area contributed by atoms with Gasteiger partial charge in [0.2, 0.25) is 5.91 Å². The van der Waals surface area contributed by atoms with Crippen molar-refractivity contribution >= 4 is 16.9 Å². The minimum absolute atomic E-state index is 0.0767. The van der Waals surface area contributed by atoms with E-state index in [1.807, 2.05) is 25.1 Å². The first kappa shape index (κ1) is 15.6. The average molecular weight is 328 g/mol. The van der Waals surface area contributed by atoms with Crippen LogP contribution in [0.1, 0.15) is 17.8 Å². The SMILES string of the molecule is Cc1nc2ccc(CC(=O)N[C@H]3[C@H]4CCO[C@H]4[C@@H]3N(C)C)cc2[nH]1. The van der Waals surface area contributed by atoms with Crippen LogP contribution in [0.15, 0.2) is 18.2 Å². The number of aromatic amines is 1. The van der Waals surface area contributed by atoms with Gasteiger partial charge in [0.25, 0.3) is 0 Å². The number of amides is 1. The number of aryl methyl sites for hydroxylation is 1. The van der Waals surface area contributed by atoms with Crippen molar-refractivity contribution in [1.82, 2.24) is 20.2 Å².